The number of unbranched alkanes of at least 4 members (excludes halogenated alkanes) is 3. The Labute approximate surface area is 349 Å². The van der Waals surface area contributed by atoms with Crippen molar-refractivity contribution < 1.29 is 43.3 Å². The van der Waals surface area contributed by atoms with Gasteiger partial charge in [0, 0.05) is 29.8 Å². The summed E-state index contributed by atoms with van der Waals surface area (Å²) in [5.41, 5.74) is 9.08. The van der Waals surface area contributed by atoms with Gasteiger partial charge in [-0.15, -0.1) is 0 Å². The van der Waals surface area contributed by atoms with Crippen LogP contribution in [0.15, 0.2) is 85.4 Å². The number of aromatic nitrogens is 1. The van der Waals surface area contributed by atoms with Gasteiger partial charge < -0.3 is 35.8 Å². The van der Waals surface area contributed by atoms with Crippen molar-refractivity contribution in [2.45, 2.75) is 77.4 Å². The molecule has 13 nitrogen and oxygen atoms in total. The number of rotatable bonds is 23. The lowest BCUT2D eigenvalue weighted by atomic mass is 9.89. The molecule has 1 aliphatic rings. The lowest BCUT2D eigenvalue weighted by Gasteiger charge is -2.17. The third kappa shape index (κ3) is 12.8. The van der Waals surface area contributed by atoms with Crippen molar-refractivity contribution in [2.24, 2.45) is 11.7 Å². The number of hydrogen-bond acceptors (Lipinski definition) is 12. The van der Waals surface area contributed by atoms with E-state index in [0.29, 0.717) is 41.3 Å². The number of amides is 1. The largest absolute Gasteiger partial charge is 0.465 e. The van der Waals surface area contributed by atoms with Crippen LogP contribution in [0.2, 0.25) is 0 Å². The number of nitrogens with two attached hydrogens (primary N) is 1. The molecule has 0 radical (unpaired) electrons. The number of ether oxygens (including phenoxy) is 3. The molecule has 1 saturated carbocycles. The summed E-state index contributed by atoms with van der Waals surface area (Å²) in [7, 11) is 0. The molecule has 0 bridgehead atoms. The third-order valence-electron chi connectivity index (χ3n) is 10.1. The summed E-state index contributed by atoms with van der Waals surface area (Å²) in [5, 5.41) is 21.6. The van der Waals surface area contributed by atoms with Crippen molar-refractivity contribution in [1.29, 1.82) is 5.41 Å². The van der Waals surface area contributed by atoms with Gasteiger partial charge in [-0.25, -0.2) is 9.78 Å². The van der Waals surface area contributed by atoms with Gasteiger partial charge in [0.1, 0.15) is 11.7 Å². The molecule has 5 rings (SSSR count). The van der Waals surface area contributed by atoms with E-state index in [2.05, 4.69) is 23.8 Å². The van der Waals surface area contributed by atoms with Crippen LogP contribution in [-0.4, -0.2) is 71.4 Å². The summed E-state index contributed by atoms with van der Waals surface area (Å²) in [4.78, 5) is 70.5. The van der Waals surface area contributed by atoms with Crippen molar-refractivity contribution in [2.75, 3.05) is 19.9 Å². The molecule has 0 saturated heterocycles. The highest BCUT2D eigenvalue weighted by molar-refractivity contribution is 6.09. The van der Waals surface area contributed by atoms with E-state index in [1.54, 1.807) is 36.4 Å². The van der Waals surface area contributed by atoms with Gasteiger partial charge in [0.25, 0.3) is 5.91 Å². The summed E-state index contributed by atoms with van der Waals surface area (Å²) in [6.45, 7) is 5.50. The van der Waals surface area contributed by atoms with Crippen LogP contribution in [0.5, 0.6) is 0 Å². The Balaban J connectivity index is 1.37. The van der Waals surface area contributed by atoms with Crippen LogP contribution in [-0.2, 0) is 43.2 Å². The second kappa shape index (κ2) is 22.2. The van der Waals surface area contributed by atoms with E-state index in [1.807, 2.05) is 30.3 Å². The van der Waals surface area contributed by atoms with Crippen molar-refractivity contribution in [3.8, 4) is 11.1 Å². The fraction of sp³-hybridized carbons (Fsp3) is 0.340. The van der Waals surface area contributed by atoms with Gasteiger partial charge in [-0.1, -0.05) is 93.4 Å². The zero-order chi connectivity index (χ0) is 43.0. The van der Waals surface area contributed by atoms with Gasteiger partial charge >= 0.3 is 17.9 Å². The minimum atomic E-state index is -1.04. The molecule has 60 heavy (non-hydrogen) atoms. The number of nitrogens with zero attached hydrogens (tertiary/aromatic N) is 1. The molecule has 0 spiro atoms. The highest BCUT2D eigenvalue weighted by atomic mass is 16.7. The van der Waals surface area contributed by atoms with Crippen LogP contribution >= 0.6 is 0 Å². The van der Waals surface area contributed by atoms with E-state index in [4.69, 9.17) is 25.4 Å². The predicted octanol–water partition coefficient (Wildman–Crippen LogP) is 6.56. The van der Waals surface area contributed by atoms with E-state index in [1.165, 1.54) is 18.2 Å². The Morgan fingerprint density at radius 2 is 1.68 bits per heavy atom. The summed E-state index contributed by atoms with van der Waals surface area (Å²) < 4.78 is 15.8. The van der Waals surface area contributed by atoms with Crippen molar-refractivity contribution in [3.05, 3.63) is 130 Å². The number of carbonyl (C=O) groups excluding carboxylic acids is 5. The Morgan fingerprint density at radius 3 is 2.37 bits per heavy atom. The lowest BCUT2D eigenvalue weighted by molar-refractivity contribution is -0.153. The van der Waals surface area contributed by atoms with Crippen molar-refractivity contribution in [3.63, 3.8) is 0 Å². The normalized spacial score (nSPS) is 12.5. The van der Waals surface area contributed by atoms with Gasteiger partial charge in [-0.3, -0.25) is 19.2 Å². The zero-order valence-electron chi connectivity index (χ0n) is 33.9. The molecule has 1 aromatic heterocycles. The maximum Gasteiger partial charge on any atom is 0.360 e. The number of hydrogen-bond donors (Lipinski definition) is 4. The van der Waals surface area contributed by atoms with Crippen molar-refractivity contribution >= 4 is 41.4 Å². The van der Waals surface area contributed by atoms with E-state index >= 15 is 0 Å². The highest BCUT2D eigenvalue weighted by Gasteiger charge is 2.27. The number of ketones is 1. The highest BCUT2D eigenvalue weighted by Crippen LogP contribution is 2.32. The second-order valence-electron chi connectivity index (χ2n) is 14.7. The van der Waals surface area contributed by atoms with Crippen LogP contribution in [0.3, 0.4) is 0 Å². The average Bonchev–Trinajstić information content (AvgIpc) is 4.10. The Hall–Kier alpha value is -6.31. The molecular formula is C47H52N4O9. The van der Waals surface area contributed by atoms with Gasteiger partial charge in [-0.2, -0.15) is 0 Å². The summed E-state index contributed by atoms with van der Waals surface area (Å²) in [6.07, 6.45) is 7.34. The number of aliphatic hydroxyl groups excluding tert-OH is 1. The number of Topliss-reactive ketones (excluding diaryl/α,β-unsaturated/α-hetero) is 1. The first-order valence-corrected chi connectivity index (χ1v) is 20.2. The number of nitrogens with one attached hydrogen (secondary N) is 2. The molecule has 1 atom stereocenters. The van der Waals surface area contributed by atoms with Crippen LogP contribution in [0.4, 0.5) is 0 Å². The quantitative estimate of drug-likeness (QED) is 0.0207. The molecule has 1 aliphatic carbocycles. The molecule has 314 valence electrons. The maximum atomic E-state index is 14.2. The minimum Gasteiger partial charge on any atom is -0.465 e. The summed E-state index contributed by atoms with van der Waals surface area (Å²) in [5.74, 6) is -2.80. The third-order valence-corrected chi connectivity index (χ3v) is 10.1. The van der Waals surface area contributed by atoms with E-state index in [9.17, 15) is 29.1 Å². The van der Waals surface area contributed by atoms with Crippen molar-refractivity contribution in [1.82, 2.24) is 10.3 Å². The number of aliphatic hydroxyl groups is 1. The number of pyridine rings is 1. The number of esters is 3. The molecule has 1 amide bonds. The number of carbonyl (C=O) groups is 5. The first-order chi connectivity index (χ1) is 29.0. The Kier molecular flexibility index (Phi) is 16.5. The molecular weight excluding hydrogens is 765 g/mol. The van der Waals surface area contributed by atoms with Gasteiger partial charge in [0.2, 0.25) is 6.79 Å². The fourth-order valence-corrected chi connectivity index (χ4v) is 6.43. The molecule has 1 fully saturated rings. The van der Waals surface area contributed by atoms with Crippen LogP contribution in [0.25, 0.3) is 17.2 Å². The maximum absolute atomic E-state index is 14.2. The summed E-state index contributed by atoms with van der Waals surface area (Å²) >= 11 is 0. The molecule has 4 aromatic rings. The van der Waals surface area contributed by atoms with Gasteiger partial charge in [-0.05, 0) is 89.2 Å². The first kappa shape index (κ1) is 44.8. The molecule has 1 heterocycles. The van der Waals surface area contributed by atoms with Gasteiger partial charge in [0.15, 0.2) is 11.5 Å². The van der Waals surface area contributed by atoms with Crippen LogP contribution < -0.4 is 11.1 Å². The van der Waals surface area contributed by atoms with Gasteiger partial charge in [0.05, 0.1) is 19.6 Å². The molecule has 13 heteroatoms. The monoisotopic (exact) mass is 816 g/mol. The Morgan fingerprint density at radius 1 is 0.933 bits per heavy atom. The molecule has 5 N–H and O–H groups in total. The SMILES string of the molecule is C=Cc1cc(C(=O)Cc2ccc(C(=N)CC(=O)OCCCCCC)cc2)c(-c2ccc(C(=O)NCC3CC3)nc2C(=O)OCOC(=O)[C@@H](N)Cc2ccccc2)cc1CO. The van der Waals surface area contributed by atoms with E-state index in [-0.39, 0.29) is 58.8 Å². The fourth-order valence-electron chi connectivity index (χ4n) is 6.43. The lowest BCUT2D eigenvalue weighted by Crippen LogP contribution is -2.35. The second-order valence-corrected chi connectivity index (χ2v) is 14.7. The Bertz CT molecular complexity index is 2180. The predicted molar refractivity (Wildman–Crippen MR) is 226 cm³/mol. The zero-order valence-corrected chi connectivity index (χ0v) is 33.9. The standard InChI is InChI=1S/C47H52N4O9/c1-3-5-6-10-21-58-43(54)26-39(48)34-17-15-31(16-18-34)23-42(53)38-24-33(4-2)35(28-52)25-37(38)36-19-20-41(45(55)50-27-32-13-14-32)51-44(36)47(57)60-29-59-46(56)40(49)22-30-11-8-7-9-12-30/h4,7-9,11-12,15-20,24-25,32,40,48,52H,2-3,5-6,10,13-14,21-23,26-29,49H2,1H3,(H,50,55)/t40-/m0/s1. The van der Waals surface area contributed by atoms with E-state index in [0.717, 1.165) is 44.1 Å². The van der Waals surface area contributed by atoms with Crippen LogP contribution in [0.1, 0.15) is 111 Å². The summed E-state index contributed by atoms with van der Waals surface area (Å²) in [6, 6.07) is 20.8. The first-order valence-electron chi connectivity index (χ1n) is 20.2. The topological polar surface area (TPSA) is 208 Å². The smallest absolute Gasteiger partial charge is 0.360 e. The van der Waals surface area contributed by atoms with E-state index < -0.39 is 43.3 Å². The minimum absolute atomic E-state index is 0.0721. The molecule has 0 aliphatic heterocycles. The average molecular weight is 817 g/mol. The molecule has 3 aromatic carbocycles. The molecule has 0 unspecified atom stereocenters. The number of benzene rings is 3. The van der Waals surface area contributed by atoms with Crippen LogP contribution in [0, 0.1) is 11.3 Å².